The van der Waals surface area contributed by atoms with Gasteiger partial charge in [-0.25, -0.2) is 4.21 Å². The van der Waals surface area contributed by atoms with E-state index in [1.54, 1.807) is 6.07 Å². The van der Waals surface area contributed by atoms with E-state index in [-0.39, 0.29) is 40.4 Å². The van der Waals surface area contributed by atoms with Crippen LogP contribution in [0, 0.1) is 5.92 Å². The average Bonchev–Trinajstić information content (AvgIpc) is 2.55. The Kier molecular flexibility index (Phi) is 5.15. The van der Waals surface area contributed by atoms with Crippen molar-refractivity contribution >= 4 is 48.6 Å². The standard InChI is InChI=1S/C18H19ClO4S2/c1-18(2)8-9-25(24-23)17-11(18)7-6-10(15(17)19)16(22)14-12(20)4-3-5-13(14)21/h6-7,14H,3-5,8-9H2,1-2H3. The van der Waals surface area contributed by atoms with Gasteiger partial charge in [-0.1, -0.05) is 41.0 Å². The fourth-order valence-electron chi connectivity index (χ4n) is 3.51. The molecule has 1 fully saturated rings. The van der Waals surface area contributed by atoms with Crippen molar-refractivity contribution in [3.8, 4) is 0 Å². The maximum absolute atomic E-state index is 12.9. The topological polar surface area (TPSA) is 68.3 Å². The summed E-state index contributed by atoms with van der Waals surface area (Å²) in [6.07, 6.45) is 1.88. The molecule has 25 heavy (non-hydrogen) atoms. The summed E-state index contributed by atoms with van der Waals surface area (Å²) in [5.41, 5.74) is 1.04. The monoisotopic (exact) mass is 398 g/mol. The lowest BCUT2D eigenvalue weighted by Crippen LogP contribution is -2.36. The van der Waals surface area contributed by atoms with Gasteiger partial charge in [0.2, 0.25) is 0 Å². The van der Waals surface area contributed by atoms with Crippen molar-refractivity contribution in [2.75, 3.05) is 5.75 Å². The normalized spacial score (nSPS) is 23.2. The Balaban J connectivity index is 2.13. The molecule has 1 aromatic rings. The highest BCUT2D eigenvalue weighted by Crippen LogP contribution is 2.42. The van der Waals surface area contributed by atoms with Gasteiger partial charge in [-0.2, -0.15) is 0 Å². The minimum Gasteiger partial charge on any atom is -0.298 e. The number of halogens is 1. The highest BCUT2D eigenvalue weighted by Gasteiger charge is 2.39. The molecule has 7 heteroatoms. The highest BCUT2D eigenvalue weighted by atomic mass is 35.5. The molecular weight excluding hydrogens is 380 g/mol. The molecule has 1 aliphatic heterocycles. The smallest absolute Gasteiger partial charge is 0.182 e. The first-order chi connectivity index (χ1) is 11.8. The zero-order chi connectivity index (χ0) is 18.4. The average molecular weight is 399 g/mol. The van der Waals surface area contributed by atoms with Crippen LogP contribution in [0.2, 0.25) is 5.02 Å². The van der Waals surface area contributed by atoms with Gasteiger partial charge in [0, 0.05) is 29.1 Å². The van der Waals surface area contributed by atoms with Crippen molar-refractivity contribution in [1.82, 2.24) is 0 Å². The van der Waals surface area contributed by atoms with Crippen LogP contribution in [0.25, 0.3) is 0 Å². The number of ketones is 3. The Morgan fingerprint density at radius 3 is 2.48 bits per heavy atom. The Morgan fingerprint density at radius 1 is 1.24 bits per heavy atom. The molecule has 4 nitrogen and oxygen atoms in total. The molecule has 1 heterocycles. The lowest BCUT2D eigenvalue weighted by Gasteiger charge is -2.34. The summed E-state index contributed by atoms with van der Waals surface area (Å²) in [5, 5.41) is 0.244. The molecule has 0 spiro atoms. The van der Waals surface area contributed by atoms with E-state index in [9.17, 15) is 18.6 Å². The molecule has 3 rings (SSSR count). The second-order valence-corrected chi connectivity index (χ2v) is 10.8. The van der Waals surface area contributed by atoms with Gasteiger partial charge >= 0.3 is 0 Å². The van der Waals surface area contributed by atoms with E-state index in [0.717, 1.165) is 16.9 Å². The first-order valence-electron chi connectivity index (χ1n) is 8.21. The van der Waals surface area contributed by atoms with E-state index < -0.39 is 21.2 Å². The molecule has 0 radical (unpaired) electrons. The number of fused-ring (bicyclic) bond motifs is 1. The summed E-state index contributed by atoms with van der Waals surface area (Å²) in [6.45, 7) is 4.18. The lowest BCUT2D eigenvalue weighted by atomic mass is 9.79. The molecule has 0 saturated heterocycles. The first kappa shape index (κ1) is 18.7. The molecule has 1 unspecified atom stereocenters. The maximum atomic E-state index is 12.9. The van der Waals surface area contributed by atoms with Gasteiger partial charge in [0.25, 0.3) is 0 Å². The molecule has 2 aliphatic rings. The van der Waals surface area contributed by atoms with Crippen LogP contribution >= 0.6 is 11.6 Å². The van der Waals surface area contributed by atoms with E-state index >= 15 is 0 Å². The molecule has 134 valence electrons. The molecule has 0 bridgehead atoms. The molecule has 0 amide bonds. The Hall–Kier alpha value is -1.11. The van der Waals surface area contributed by atoms with Crippen molar-refractivity contribution in [2.24, 2.45) is 5.92 Å². The minimum atomic E-state index is -1.23. The third-order valence-corrected chi connectivity index (χ3v) is 8.68. The van der Waals surface area contributed by atoms with E-state index in [2.05, 4.69) is 13.8 Å². The predicted molar refractivity (Wildman–Crippen MR) is 99.4 cm³/mol. The Labute approximate surface area is 157 Å². The molecule has 0 N–H and O–H groups in total. The van der Waals surface area contributed by atoms with Crippen LogP contribution in [0.3, 0.4) is 0 Å². The second-order valence-electron chi connectivity index (χ2n) is 7.14. The second kappa shape index (κ2) is 6.89. The number of rotatable bonds is 2. The predicted octanol–water partition coefficient (Wildman–Crippen LogP) is 3.25. The van der Waals surface area contributed by atoms with Crippen molar-refractivity contribution in [1.29, 1.82) is 0 Å². The van der Waals surface area contributed by atoms with E-state index in [0.29, 0.717) is 22.4 Å². The number of benzene rings is 1. The van der Waals surface area contributed by atoms with Crippen molar-refractivity contribution in [2.45, 2.75) is 49.8 Å². The van der Waals surface area contributed by atoms with Crippen LogP contribution in [-0.4, -0.2) is 27.3 Å². The van der Waals surface area contributed by atoms with Crippen LogP contribution in [0.4, 0.5) is 0 Å². The lowest BCUT2D eigenvalue weighted by molar-refractivity contribution is -0.133. The van der Waals surface area contributed by atoms with Crippen LogP contribution in [-0.2, 0) is 34.7 Å². The minimum absolute atomic E-state index is 0.129. The largest absolute Gasteiger partial charge is 0.298 e. The third-order valence-electron chi connectivity index (χ3n) is 5.07. The van der Waals surface area contributed by atoms with Gasteiger partial charge in [-0.15, -0.1) is 0 Å². The Bertz CT molecular complexity index is 837. The van der Waals surface area contributed by atoms with Gasteiger partial charge < -0.3 is 0 Å². The van der Waals surface area contributed by atoms with Gasteiger partial charge in [0.1, 0.15) is 16.1 Å². The molecule has 0 aromatic heterocycles. The molecule has 1 aromatic carbocycles. The van der Waals surface area contributed by atoms with E-state index in [4.69, 9.17) is 11.6 Å². The summed E-state index contributed by atoms with van der Waals surface area (Å²) in [5.74, 6) is -1.69. The summed E-state index contributed by atoms with van der Waals surface area (Å²) >= 11 is 6.55. The van der Waals surface area contributed by atoms with Crippen molar-refractivity contribution in [3.63, 3.8) is 0 Å². The highest BCUT2D eigenvalue weighted by molar-refractivity contribution is 8.31. The number of carbonyl (C=O) groups is 3. The molecular formula is C18H19ClO4S2. The molecule has 1 saturated carbocycles. The van der Waals surface area contributed by atoms with E-state index in [1.165, 1.54) is 0 Å². The third kappa shape index (κ3) is 3.20. The number of hydrogen-bond donors (Lipinski definition) is 0. The number of hydrogen-bond acceptors (Lipinski definition) is 4. The van der Waals surface area contributed by atoms with Crippen molar-refractivity contribution < 1.29 is 18.6 Å². The van der Waals surface area contributed by atoms with Crippen LogP contribution in [0.5, 0.6) is 0 Å². The summed E-state index contributed by atoms with van der Waals surface area (Å²) < 4.78 is 11.6. The molecule has 1 aliphatic carbocycles. The van der Waals surface area contributed by atoms with Gasteiger partial charge in [-0.05, 0) is 29.9 Å². The number of carbonyl (C=O) groups excluding carboxylic acids is 3. The van der Waals surface area contributed by atoms with Crippen molar-refractivity contribution in [3.05, 3.63) is 28.3 Å². The summed E-state index contributed by atoms with van der Waals surface area (Å²) in [4.78, 5) is 37.8. The fourth-order valence-corrected chi connectivity index (χ4v) is 7.30. The van der Waals surface area contributed by atoms with Crippen LogP contribution in [0.1, 0.15) is 55.5 Å². The number of Topliss-reactive ketones (excluding diaryl/α,β-unsaturated/α-hetero) is 3. The zero-order valence-corrected chi connectivity index (χ0v) is 16.5. The van der Waals surface area contributed by atoms with Gasteiger partial charge in [-0.3, -0.25) is 14.4 Å². The van der Waals surface area contributed by atoms with Gasteiger partial charge in [0.15, 0.2) is 17.3 Å². The summed E-state index contributed by atoms with van der Waals surface area (Å²) in [6, 6.07) is 3.45. The first-order valence-corrected chi connectivity index (χ1v) is 11.2. The van der Waals surface area contributed by atoms with Crippen LogP contribution < -0.4 is 0 Å². The zero-order valence-electron chi connectivity index (χ0n) is 14.1. The molecule has 1 atom stereocenters. The quantitative estimate of drug-likeness (QED) is 0.566. The Morgan fingerprint density at radius 2 is 1.88 bits per heavy atom. The van der Waals surface area contributed by atoms with Gasteiger partial charge in [0.05, 0.1) is 5.02 Å². The SMILES string of the molecule is CC1(C)CCS(=S=O)c2c1ccc(C(=O)C1C(=O)CCCC1=O)c2Cl. The van der Waals surface area contributed by atoms with E-state index in [1.807, 2.05) is 6.07 Å². The maximum Gasteiger partial charge on any atom is 0.182 e. The van der Waals surface area contributed by atoms with Crippen LogP contribution in [0.15, 0.2) is 17.0 Å². The fraction of sp³-hybridized carbons (Fsp3) is 0.500. The summed E-state index contributed by atoms with van der Waals surface area (Å²) in [7, 11) is -0.118.